The monoisotopic (exact) mass is 518 g/mol. The van der Waals surface area contributed by atoms with E-state index in [2.05, 4.69) is 54.5 Å². The Balaban J connectivity index is 1.62. The van der Waals surface area contributed by atoms with Crippen molar-refractivity contribution in [2.75, 3.05) is 6.61 Å². The van der Waals surface area contributed by atoms with Crippen LogP contribution in [0.4, 0.5) is 0 Å². The molecule has 0 aliphatic heterocycles. The lowest BCUT2D eigenvalue weighted by Gasteiger charge is -2.66. The molecule has 4 nitrogen and oxygen atoms in total. The van der Waals surface area contributed by atoms with Gasteiger partial charge in [-0.1, -0.05) is 74.0 Å². The van der Waals surface area contributed by atoms with Crippen molar-refractivity contribution < 1.29 is 20.1 Å². The summed E-state index contributed by atoms with van der Waals surface area (Å²) in [5, 5.41) is 33.0. The summed E-state index contributed by atoms with van der Waals surface area (Å²) in [6, 6.07) is 0. The van der Waals surface area contributed by atoms with Crippen LogP contribution in [-0.4, -0.2) is 46.3 Å². The number of ether oxygens (including phenoxy) is 1. The first-order chi connectivity index (χ1) is 17.0. The Morgan fingerprint density at radius 1 is 0.919 bits per heavy atom. The fraction of sp³-hybridized carbons (Fsp3) is 0.939. The molecule has 3 N–H and O–H groups in total. The highest BCUT2D eigenvalue weighted by atomic mass is 16.5. The second kappa shape index (κ2) is 9.60. The van der Waals surface area contributed by atoms with E-state index < -0.39 is 23.7 Å². The Bertz CT molecular complexity index is 872. The van der Waals surface area contributed by atoms with E-state index in [1.165, 1.54) is 25.7 Å². The van der Waals surface area contributed by atoms with E-state index in [1.807, 2.05) is 20.8 Å². The van der Waals surface area contributed by atoms with E-state index in [0.717, 1.165) is 25.9 Å². The van der Waals surface area contributed by atoms with Crippen LogP contribution in [0.5, 0.6) is 0 Å². The minimum absolute atomic E-state index is 0.0570. The van der Waals surface area contributed by atoms with Crippen molar-refractivity contribution in [1.29, 1.82) is 0 Å². The summed E-state index contributed by atoms with van der Waals surface area (Å²) in [4.78, 5) is 0. The first kappa shape index (κ1) is 29.6. The summed E-state index contributed by atoms with van der Waals surface area (Å²) >= 11 is 0. The van der Waals surface area contributed by atoms with Crippen molar-refractivity contribution in [3.05, 3.63) is 11.6 Å². The molecule has 0 heterocycles. The fourth-order valence-electron chi connectivity index (χ4n) is 10.3. The van der Waals surface area contributed by atoms with Gasteiger partial charge in [-0.05, 0) is 97.2 Å². The van der Waals surface area contributed by atoms with Crippen molar-refractivity contribution >= 4 is 0 Å². The molecule has 3 fully saturated rings. The molecule has 37 heavy (non-hydrogen) atoms. The van der Waals surface area contributed by atoms with Crippen molar-refractivity contribution in [3.63, 3.8) is 0 Å². The van der Waals surface area contributed by atoms with Gasteiger partial charge in [-0.3, -0.25) is 0 Å². The first-order valence-electron chi connectivity index (χ1n) is 15.3. The van der Waals surface area contributed by atoms with Gasteiger partial charge in [0.1, 0.15) is 6.10 Å². The lowest BCUT2D eigenvalue weighted by molar-refractivity contribution is -0.163. The Labute approximate surface area is 227 Å². The van der Waals surface area contributed by atoms with E-state index >= 15 is 0 Å². The number of fused-ring (bicyclic) bond motifs is 5. The van der Waals surface area contributed by atoms with Crippen molar-refractivity contribution in [3.8, 4) is 0 Å². The average molecular weight is 519 g/mol. The third-order valence-corrected chi connectivity index (χ3v) is 13.0. The van der Waals surface area contributed by atoms with E-state index in [-0.39, 0.29) is 22.2 Å². The number of aliphatic hydroxyl groups excluding tert-OH is 3. The molecule has 214 valence electrons. The topological polar surface area (TPSA) is 69.9 Å². The van der Waals surface area contributed by atoms with Crippen LogP contribution >= 0.6 is 0 Å². The van der Waals surface area contributed by atoms with Crippen molar-refractivity contribution in [2.45, 2.75) is 139 Å². The molecule has 0 spiro atoms. The molecule has 4 heteroatoms. The second-order valence-corrected chi connectivity index (χ2v) is 15.9. The Kier molecular flexibility index (Phi) is 7.67. The second-order valence-electron chi connectivity index (χ2n) is 15.9. The predicted molar refractivity (Wildman–Crippen MR) is 151 cm³/mol. The van der Waals surface area contributed by atoms with Gasteiger partial charge in [0.2, 0.25) is 0 Å². The lowest BCUT2D eigenvalue weighted by Crippen LogP contribution is -2.60. The van der Waals surface area contributed by atoms with E-state index in [4.69, 9.17) is 4.74 Å². The minimum atomic E-state index is -1.12. The minimum Gasteiger partial charge on any atom is -0.390 e. The van der Waals surface area contributed by atoms with Crippen LogP contribution in [0.15, 0.2) is 11.6 Å². The van der Waals surface area contributed by atoms with Crippen LogP contribution < -0.4 is 0 Å². The molecule has 0 saturated heterocycles. The summed E-state index contributed by atoms with van der Waals surface area (Å²) in [6.45, 7) is 23.3. The summed E-state index contributed by atoms with van der Waals surface area (Å²) < 4.78 is 6.24. The van der Waals surface area contributed by atoms with E-state index in [1.54, 1.807) is 5.57 Å². The van der Waals surface area contributed by atoms with Gasteiger partial charge in [0.05, 0.1) is 18.3 Å². The van der Waals surface area contributed by atoms with Crippen LogP contribution in [0.25, 0.3) is 0 Å². The number of hydrogen-bond acceptors (Lipinski definition) is 4. The smallest absolute Gasteiger partial charge is 0.106 e. The highest BCUT2D eigenvalue weighted by Crippen LogP contribution is 2.75. The van der Waals surface area contributed by atoms with Gasteiger partial charge in [0.25, 0.3) is 0 Å². The zero-order chi connectivity index (χ0) is 27.8. The molecule has 0 bridgehead atoms. The third-order valence-electron chi connectivity index (χ3n) is 13.0. The quantitative estimate of drug-likeness (QED) is 0.340. The van der Waals surface area contributed by atoms with Gasteiger partial charge >= 0.3 is 0 Å². The van der Waals surface area contributed by atoms with Crippen LogP contribution in [0, 0.1) is 50.7 Å². The zero-order valence-corrected chi connectivity index (χ0v) is 25.6. The van der Waals surface area contributed by atoms with Gasteiger partial charge in [-0.2, -0.15) is 0 Å². The predicted octanol–water partition coefficient (Wildman–Crippen LogP) is 6.76. The highest BCUT2D eigenvalue weighted by Gasteiger charge is 2.67. The molecule has 0 aromatic rings. The zero-order valence-electron chi connectivity index (χ0n) is 25.6. The normalized spacial score (nSPS) is 44.6. The third kappa shape index (κ3) is 4.30. The molecule has 4 rings (SSSR count). The number of aliphatic hydroxyl groups is 3. The van der Waals surface area contributed by atoms with E-state index in [0.29, 0.717) is 29.3 Å². The maximum absolute atomic E-state index is 11.3. The molecule has 11 atom stereocenters. The summed E-state index contributed by atoms with van der Waals surface area (Å²) in [6.07, 6.45) is 8.16. The Morgan fingerprint density at radius 3 is 2.16 bits per heavy atom. The van der Waals surface area contributed by atoms with Crippen molar-refractivity contribution in [2.24, 2.45) is 50.7 Å². The molecule has 0 aromatic carbocycles. The fourth-order valence-corrected chi connectivity index (χ4v) is 10.3. The molecule has 4 aliphatic carbocycles. The van der Waals surface area contributed by atoms with Crippen LogP contribution in [-0.2, 0) is 4.74 Å². The maximum Gasteiger partial charge on any atom is 0.106 e. The lowest BCUT2D eigenvalue weighted by atomic mass is 9.39. The van der Waals surface area contributed by atoms with Gasteiger partial charge < -0.3 is 20.1 Å². The molecule has 2 unspecified atom stereocenters. The SMILES string of the molecule is CCO[C@H]1CCC2C(=CCC3[C@@]2(C)CC[C@]2(C)[C@@H]([C@H](C)[C@H](O)[C@@H](O)[C@@H](O)C(C)(C)C)CC[C@@]32C)C1(C)C. The summed E-state index contributed by atoms with van der Waals surface area (Å²) in [5.41, 5.74) is 1.89. The largest absolute Gasteiger partial charge is 0.390 e. The van der Waals surface area contributed by atoms with E-state index in [9.17, 15) is 15.3 Å². The molecular weight excluding hydrogens is 460 g/mol. The van der Waals surface area contributed by atoms with Gasteiger partial charge in [-0.15, -0.1) is 0 Å². The molecule has 0 amide bonds. The molecular formula is C33H58O4. The van der Waals surface area contributed by atoms with Crippen molar-refractivity contribution in [1.82, 2.24) is 0 Å². The molecule has 0 aromatic heterocycles. The summed E-state index contributed by atoms with van der Waals surface area (Å²) in [7, 11) is 0. The van der Waals surface area contributed by atoms with Crippen LogP contribution in [0.3, 0.4) is 0 Å². The van der Waals surface area contributed by atoms with Gasteiger partial charge in [-0.25, -0.2) is 0 Å². The van der Waals surface area contributed by atoms with Gasteiger partial charge in [0.15, 0.2) is 0 Å². The Hall–Kier alpha value is -0.420. The standard InChI is InChI=1S/C33H58O4/c1-11-37-25-15-13-23-22(30(25,6)7)12-14-24-31(23,8)18-19-32(9)21(16-17-33(24,32)10)20(2)26(34)27(35)28(36)29(3,4)5/h12,20-21,23-28,34-36H,11,13-19H2,1-10H3/t20-,21+,23?,24?,25-,26-,27+,28+,31-,32+,33-/m0/s1. The van der Waals surface area contributed by atoms with Crippen LogP contribution in [0.2, 0.25) is 0 Å². The van der Waals surface area contributed by atoms with Crippen LogP contribution in [0.1, 0.15) is 114 Å². The number of rotatable bonds is 6. The average Bonchev–Trinajstić information content (AvgIpc) is 3.09. The maximum atomic E-state index is 11.3. The molecule has 4 aliphatic rings. The summed E-state index contributed by atoms with van der Waals surface area (Å²) in [5.74, 6) is 1.55. The number of hydrogen-bond donors (Lipinski definition) is 3. The number of allylic oxidation sites excluding steroid dienone is 1. The van der Waals surface area contributed by atoms with Gasteiger partial charge in [0, 0.05) is 12.0 Å². The Morgan fingerprint density at radius 2 is 1.57 bits per heavy atom. The molecule has 0 radical (unpaired) electrons. The highest BCUT2D eigenvalue weighted by molar-refractivity contribution is 5.30. The molecule has 3 saturated carbocycles. The first-order valence-corrected chi connectivity index (χ1v) is 15.3.